The normalized spacial score (nSPS) is 17.8. The first-order valence-corrected chi connectivity index (χ1v) is 5.87. The Hall–Kier alpha value is -1.79. The van der Waals surface area contributed by atoms with Gasteiger partial charge in [0.1, 0.15) is 0 Å². The molecule has 1 aromatic carbocycles. The van der Waals surface area contributed by atoms with Gasteiger partial charge >= 0.3 is 0 Å². The third-order valence-electron chi connectivity index (χ3n) is 3.24. The Balaban J connectivity index is 2.05. The number of rotatable bonds is 1. The van der Waals surface area contributed by atoms with Crippen LogP contribution in [0.4, 0.5) is 0 Å². The molecule has 1 atom stereocenters. The lowest BCUT2D eigenvalue weighted by Crippen LogP contribution is -2.05. The van der Waals surface area contributed by atoms with Crippen LogP contribution in [0, 0.1) is 11.3 Å². The zero-order valence-corrected chi connectivity index (χ0v) is 9.85. The van der Waals surface area contributed by atoms with Crippen LogP contribution < -0.4 is 0 Å². The molecule has 1 aromatic heterocycles. The molecule has 0 spiro atoms. The van der Waals surface area contributed by atoms with Crippen molar-refractivity contribution in [3.8, 4) is 6.07 Å². The molecule has 0 aliphatic carbocycles. The van der Waals surface area contributed by atoms with Crippen molar-refractivity contribution in [3.05, 3.63) is 52.6 Å². The molecular weight excluding hydrogens is 234 g/mol. The Bertz CT molecular complexity index is 609. The molecule has 0 amide bonds. The number of nitrogens with zero attached hydrogens (tertiary/aromatic N) is 3. The van der Waals surface area contributed by atoms with Gasteiger partial charge in [-0.3, -0.25) is 0 Å². The molecule has 3 rings (SSSR count). The lowest BCUT2D eigenvalue weighted by molar-refractivity contribution is 0.616. The summed E-state index contributed by atoms with van der Waals surface area (Å²) in [6.45, 7) is 0. The van der Waals surface area contributed by atoms with E-state index in [9.17, 15) is 0 Å². The van der Waals surface area contributed by atoms with Crippen molar-refractivity contribution in [2.45, 2.75) is 18.9 Å². The van der Waals surface area contributed by atoms with Crippen molar-refractivity contribution >= 4 is 11.6 Å². The van der Waals surface area contributed by atoms with E-state index in [4.69, 9.17) is 16.9 Å². The van der Waals surface area contributed by atoms with E-state index in [-0.39, 0.29) is 6.04 Å². The highest BCUT2D eigenvalue weighted by molar-refractivity contribution is 6.31. The summed E-state index contributed by atoms with van der Waals surface area (Å²) < 4.78 is 2.16. The van der Waals surface area contributed by atoms with E-state index >= 15 is 0 Å². The van der Waals surface area contributed by atoms with Crippen LogP contribution in [0.2, 0.25) is 5.02 Å². The highest BCUT2D eigenvalue weighted by atomic mass is 35.5. The number of imidazole rings is 1. The fraction of sp³-hybridized carbons (Fsp3) is 0.231. The second kappa shape index (κ2) is 3.90. The summed E-state index contributed by atoms with van der Waals surface area (Å²) >= 11 is 6.24. The van der Waals surface area contributed by atoms with Crippen LogP contribution >= 0.6 is 11.6 Å². The quantitative estimate of drug-likeness (QED) is 0.773. The molecule has 2 aromatic rings. The first kappa shape index (κ1) is 10.4. The number of benzene rings is 1. The second-order valence-corrected chi connectivity index (χ2v) is 4.60. The molecule has 0 saturated heterocycles. The number of aryl methyl sites for hydroxylation is 1. The Labute approximate surface area is 104 Å². The fourth-order valence-electron chi connectivity index (χ4n) is 2.40. The zero-order chi connectivity index (χ0) is 11.8. The molecule has 4 heteroatoms. The number of hydrogen-bond donors (Lipinski definition) is 0. The van der Waals surface area contributed by atoms with Crippen molar-refractivity contribution < 1.29 is 0 Å². The SMILES string of the molecule is N#Cc1ccc([C@@H]2CCc3cncn32)c(Cl)c1. The fourth-order valence-corrected chi connectivity index (χ4v) is 2.71. The van der Waals surface area contributed by atoms with Crippen molar-refractivity contribution in [1.82, 2.24) is 9.55 Å². The third-order valence-corrected chi connectivity index (χ3v) is 3.57. The lowest BCUT2D eigenvalue weighted by atomic mass is 10.0. The van der Waals surface area contributed by atoms with Crippen LogP contribution in [-0.4, -0.2) is 9.55 Å². The Morgan fingerprint density at radius 2 is 2.35 bits per heavy atom. The maximum Gasteiger partial charge on any atom is 0.0992 e. The summed E-state index contributed by atoms with van der Waals surface area (Å²) in [6.07, 6.45) is 5.82. The summed E-state index contributed by atoms with van der Waals surface area (Å²) in [5.74, 6) is 0. The van der Waals surface area contributed by atoms with Crippen LogP contribution in [0.3, 0.4) is 0 Å². The molecule has 84 valence electrons. The molecule has 17 heavy (non-hydrogen) atoms. The molecule has 0 fully saturated rings. The average Bonchev–Trinajstić information content (AvgIpc) is 2.91. The van der Waals surface area contributed by atoms with Gasteiger partial charge in [0.15, 0.2) is 0 Å². The first-order valence-electron chi connectivity index (χ1n) is 5.50. The van der Waals surface area contributed by atoms with E-state index in [1.165, 1.54) is 5.69 Å². The molecule has 0 radical (unpaired) electrons. The summed E-state index contributed by atoms with van der Waals surface area (Å²) in [7, 11) is 0. The predicted molar refractivity (Wildman–Crippen MR) is 64.9 cm³/mol. The van der Waals surface area contributed by atoms with Gasteiger partial charge in [0.25, 0.3) is 0 Å². The molecule has 0 bridgehead atoms. The van der Waals surface area contributed by atoms with Crippen LogP contribution in [0.5, 0.6) is 0 Å². The van der Waals surface area contributed by atoms with Gasteiger partial charge in [-0.25, -0.2) is 4.98 Å². The Kier molecular flexibility index (Phi) is 2.38. The number of aromatic nitrogens is 2. The Morgan fingerprint density at radius 3 is 3.12 bits per heavy atom. The van der Waals surface area contributed by atoms with Crippen molar-refractivity contribution in [1.29, 1.82) is 5.26 Å². The molecule has 1 aliphatic rings. The Morgan fingerprint density at radius 1 is 1.47 bits per heavy atom. The number of halogens is 1. The molecule has 0 unspecified atom stereocenters. The lowest BCUT2D eigenvalue weighted by Gasteiger charge is -2.15. The molecular formula is C13H10ClN3. The second-order valence-electron chi connectivity index (χ2n) is 4.19. The highest BCUT2D eigenvalue weighted by Crippen LogP contribution is 2.35. The van der Waals surface area contributed by atoms with E-state index in [1.54, 1.807) is 6.07 Å². The summed E-state index contributed by atoms with van der Waals surface area (Å²) in [5, 5.41) is 9.48. The smallest absolute Gasteiger partial charge is 0.0992 e. The van der Waals surface area contributed by atoms with Gasteiger partial charge in [-0.1, -0.05) is 17.7 Å². The maximum atomic E-state index is 8.82. The number of fused-ring (bicyclic) bond motifs is 1. The maximum absolute atomic E-state index is 8.82. The van der Waals surface area contributed by atoms with Crippen molar-refractivity contribution in [2.24, 2.45) is 0 Å². The third kappa shape index (κ3) is 1.62. The predicted octanol–water partition coefficient (Wildman–Crippen LogP) is 2.94. The molecule has 3 nitrogen and oxygen atoms in total. The highest BCUT2D eigenvalue weighted by Gasteiger charge is 2.24. The van der Waals surface area contributed by atoms with E-state index in [0.29, 0.717) is 10.6 Å². The monoisotopic (exact) mass is 243 g/mol. The van der Waals surface area contributed by atoms with Crippen LogP contribution in [0.15, 0.2) is 30.7 Å². The minimum atomic E-state index is 0.257. The zero-order valence-electron chi connectivity index (χ0n) is 9.10. The minimum absolute atomic E-state index is 0.257. The number of hydrogen-bond acceptors (Lipinski definition) is 2. The minimum Gasteiger partial charge on any atom is -0.327 e. The van der Waals surface area contributed by atoms with E-state index < -0.39 is 0 Å². The van der Waals surface area contributed by atoms with Crippen LogP contribution in [-0.2, 0) is 6.42 Å². The van der Waals surface area contributed by atoms with Crippen molar-refractivity contribution in [2.75, 3.05) is 0 Å². The molecule has 2 heterocycles. The van der Waals surface area contributed by atoms with Gasteiger partial charge in [0.2, 0.25) is 0 Å². The van der Waals surface area contributed by atoms with Gasteiger partial charge in [-0.05, 0) is 30.5 Å². The van der Waals surface area contributed by atoms with Gasteiger partial charge in [0, 0.05) is 16.9 Å². The molecule has 0 N–H and O–H groups in total. The summed E-state index contributed by atoms with van der Waals surface area (Å²) in [5.41, 5.74) is 2.92. The van der Waals surface area contributed by atoms with Gasteiger partial charge in [-0.15, -0.1) is 0 Å². The summed E-state index contributed by atoms with van der Waals surface area (Å²) in [4.78, 5) is 4.15. The van der Waals surface area contributed by atoms with E-state index in [2.05, 4.69) is 15.6 Å². The first-order chi connectivity index (χ1) is 8.29. The van der Waals surface area contributed by atoms with E-state index in [0.717, 1.165) is 18.4 Å². The van der Waals surface area contributed by atoms with Crippen LogP contribution in [0.25, 0.3) is 0 Å². The van der Waals surface area contributed by atoms with Gasteiger partial charge < -0.3 is 4.57 Å². The largest absolute Gasteiger partial charge is 0.327 e. The molecule has 0 saturated carbocycles. The van der Waals surface area contributed by atoms with E-state index in [1.807, 2.05) is 24.7 Å². The van der Waals surface area contributed by atoms with Gasteiger partial charge in [-0.2, -0.15) is 5.26 Å². The topological polar surface area (TPSA) is 41.6 Å². The number of nitriles is 1. The van der Waals surface area contributed by atoms with Crippen LogP contribution in [0.1, 0.15) is 29.3 Å². The van der Waals surface area contributed by atoms with Crippen molar-refractivity contribution in [3.63, 3.8) is 0 Å². The average molecular weight is 244 g/mol. The standard InChI is InChI=1S/C13H10ClN3/c14-12-5-9(6-15)1-3-11(12)13-4-2-10-7-16-8-17(10)13/h1,3,5,7-8,13H,2,4H2/t13-/m0/s1. The summed E-state index contributed by atoms with van der Waals surface area (Å²) in [6, 6.07) is 7.84. The molecule has 1 aliphatic heterocycles. The van der Waals surface area contributed by atoms with Gasteiger partial charge in [0.05, 0.1) is 24.0 Å².